The predicted molar refractivity (Wildman–Crippen MR) is 134 cm³/mol. The molecule has 8 atom stereocenters. The molecule has 4 bridgehead atoms. The number of carbonyl (C=O) groups is 3. The van der Waals surface area contributed by atoms with Crippen molar-refractivity contribution in [3.63, 3.8) is 0 Å². The number of cyclic esters (lactones) is 1. The van der Waals surface area contributed by atoms with Gasteiger partial charge in [-0.2, -0.15) is 0 Å². The number of carbonyl (C=O) groups excluding carboxylic acids is 3. The molecule has 2 aliphatic carbocycles. The van der Waals surface area contributed by atoms with Crippen LogP contribution in [0.1, 0.15) is 52.4 Å². The summed E-state index contributed by atoms with van der Waals surface area (Å²) in [4.78, 5) is 38.9. The second kappa shape index (κ2) is 9.34. The van der Waals surface area contributed by atoms with Crippen LogP contribution in [0, 0.1) is 10.8 Å². The molecule has 4 fully saturated rings. The van der Waals surface area contributed by atoms with Gasteiger partial charge < -0.3 is 33.9 Å². The van der Waals surface area contributed by atoms with Crippen LogP contribution in [-0.4, -0.2) is 90.0 Å². The Balaban J connectivity index is 1.42. The quantitative estimate of drug-likeness (QED) is 0.298. The highest BCUT2D eigenvalue weighted by molar-refractivity contribution is 5.88. The number of aliphatic hydroxyl groups is 2. The van der Waals surface area contributed by atoms with Gasteiger partial charge in [0.25, 0.3) is 0 Å². The van der Waals surface area contributed by atoms with Crippen LogP contribution in [0.2, 0.25) is 0 Å². The number of allylic oxidation sites excluding steroid dienone is 1. The van der Waals surface area contributed by atoms with Gasteiger partial charge in [0, 0.05) is 24.0 Å². The highest BCUT2D eigenvalue weighted by Crippen LogP contribution is 2.72. The number of ketones is 1. The molecule has 2 N–H and O–H groups in total. The fourth-order valence-electron chi connectivity index (χ4n) is 7.93. The SMILES string of the molecule is CC(=O)C12CCC=CC(=O)OC3CC4OC5C=C(CO)CCC5(COC(=O)C=C(CCO1)C2O)C3(C)C41CO1. The first-order chi connectivity index (χ1) is 18.6. The van der Waals surface area contributed by atoms with Gasteiger partial charge in [-0.15, -0.1) is 0 Å². The zero-order valence-corrected chi connectivity index (χ0v) is 22.4. The number of rotatable bonds is 2. The Bertz CT molecular complexity index is 1170. The van der Waals surface area contributed by atoms with Crippen molar-refractivity contribution in [3.8, 4) is 0 Å². The van der Waals surface area contributed by atoms with Crippen LogP contribution >= 0.6 is 0 Å². The maximum Gasteiger partial charge on any atom is 0.330 e. The first-order valence-corrected chi connectivity index (χ1v) is 13.8. The molecule has 1 saturated carbocycles. The van der Waals surface area contributed by atoms with Gasteiger partial charge in [0.05, 0.1) is 37.4 Å². The topological polar surface area (TPSA) is 141 Å². The summed E-state index contributed by atoms with van der Waals surface area (Å²) >= 11 is 0. The minimum Gasteiger partial charge on any atom is -0.462 e. The van der Waals surface area contributed by atoms with Crippen LogP contribution in [0.15, 0.2) is 35.5 Å². The van der Waals surface area contributed by atoms with Crippen LogP contribution in [0.4, 0.5) is 0 Å². The summed E-state index contributed by atoms with van der Waals surface area (Å²) in [5.41, 5.74) is -2.45. The van der Waals surface area contributed by atoms with E-state index in [0.29, 0.717) is 31.4 Å². The molecular weight excluding hydrogens is 508 g/mol. The van der Waals surface area contributed by atoms with Crippen molar-refractivity contribution < 1.29 is 48.3 Å². The van der Waals surface area contributed by atoms with Gasteiger partial charge in [-0.05, 0) is 50.2 Å². The Morgan fingerprint density at radius 3 is 2.62 bits per heavy atom. The second-order valence-electron chi connectivity index (χ2n) is 11.9. The molecule has 6 aliphatic rings. The second-order valence-corrected chi connectivity index (χ2v) is 11.9. The van der Waals surface area contributed by atoms with E-state index in [2.05, 4.69) is 0 Å². The number of fused-ring (bicyclic) bond motifs is 2. The van der Waals surface area contributed by atoms with Crippen LogP contribution in [0.3, 0.4) is 0 Å². The fourth-order valence-corrected chi connectivity index (χ4v) is 7.93. The number of hydrogen-bond donors (Lipinski definition) is 2. The van der Waals surface area contributed by atoms with E-state index >= 15 is 0 Å². The van der Waals surface area contributed by atoms with E-state index in [9.17, 15) is 24.6 Å². The Kier molecular flexibility index (Phi) is 6.43. The summed E-state index contributed by atoms with van der Waals surface area (Å²) in [5, 5.41) is 21.0. The third kappa shape index (κ3) is 3.75. The van der Waals surface area contributed by atoms with Crippen molar-refractivity contribution >= 4 is 17.7 Å². The predicted octanol–water partition coefficient (Wildman–Crippen LogP) is 1.47. The molecule has 8 unspecified atom stereocenters. The van der Waals surface area contributed by atoms with E-state index in [-0.39, 0.29) is 51.0 Å². The van der Waals surface area contributed by atoms with E-state index in [1.807, 2.05) is 13.0 Å². The van der Waals surface area contributed by atoms with Gasteiger partial charge in [0.1, 0.15) is 24.4 Å². The third-order valence-electron chi connectivity index (χ3n) is 10.4. The molecular formula is C29H36O10. The lowest BCUT2D eigenvalue weighted by molar-refractivity contribution is -0.232. The molecule has 10 nitrogen and oxygen atoms in total. The highest BCUT2D eigenvalue weighted by Gasteiger charge is 2.83. The lowest BCUT2D eigenvalue weighted by Gasteiger charge is -2.58. The summed E-state index contributed by atoms with van der Waals surface area (Å²) in [7, 11) is 0. The maximum atomic E-state index is 13.2. The van der Waals surface area contributed by atoms with Crippen molar-refractivity contribution in [2.45, 2.75) is 88.0 Å². The number of Topliss-reactive ketones (excluding diaryl/α,β-unsaturated/α-hetero) is 1. The number of aliphatic hydroxyl groups excluding tert-OH is 2. The number of esters is 2. The lowest BCUT2D eigenvalue weighted by Crippen LogP contribution is -2.66. The molecule has 0 radical (unpaired) electrons. The van der Waals surface area contributed by atoms with E-state index in [0.717, 1.165) is 5.57 Å². The highest BCUT2D eigenvalue weighted by atomic mass is 16.6. The molecule has 212 valence electrons. The van der Waals surface area contributed by atoms with Gasteiger partial charge in [0.2, 0.25) is 0 Å². The van der Waals surface area contributed by atoms with Crippen LogP contribution < -0.4 is 0 Å². The summed E-state index contributed by atoms with van der Waals surface area (Å²) in [6.07, 6.45) is 5.79. The normalized spacial score (nSPS) is 45.5. The Labute approximate surface area is 226 Å². The molecule has 4 heterocycles. The summed E-state index contributed by atoms with van der Waals surface area (Å²) < 4.78 is 30.5. The van der Waals surface area contributed by atoms with Crippen molar-refractivity contribution in [1.29, 1.82) is 0 Å². The van der Waals surface area contributed by atoms with Crippen molar-refractivity contribution in [2.75, 3.05) is 26.4 Å². The third-order valence-corrected chi connectivity index (χ3v) is 10.4. The maximum absolute atomic E-state index is 13.2. The molecule has 0 aromatic carbocycles. The molecule has 2 spiro atoms. The van der Waals surface area contributed by atoms with Crippen LogP contribution in [-0.2, 0) is 38.1 Å². The molecule has 6 rings (SSSR count). The van der Waals surface area contributed by atoms with Gasteiger partial charge in [-0.1, -0.05) is 19.1 Å². The summed E-state index contributed by atoms with van der Waals surface area (Å²) in [6, 6.07) is 0. The van der Waals surface area contributed by atoms with E-state index in [1.165, 1.54) is 19.1 Å². The molecule has 4 aliphatic heterocycles. The first-order valence-electron chi connectivity index (χ1n) is 13.8. The largest absolute Gasteiger partial charge is 0.462 e. The van der Waals surface area contributed by atoms with Gasteiger partial charge >= 0.3 is 11.9 Å². The van der Waals surface area contributed by atoms with E-state index < -0.39 is 52.3 Å². The minimum atomic E-state index is -1.51. The van der Waals surface area contributed by atoms with Crippen molar-refractivity contribution in [3.05, 3.63) is 35.5 Å². The van der Waals surface area contributed by atoms with Gasteiger partial charge in [-0.25, -0.2) is 9.59 Å². The monoisotopic (exact) mass is 544 g/mol. The summed E-state index contributed by atoms with van der Waals surface area (Å²) in [6.45, 7) is 3.90. The number of epoxide rings is 1. The molecule has 10 heteroatoms. The Hall–Kier alpha value is -2.37. The standard InChI is InChI=1S/C29H36O10/c1-17(31)28-8-4-3-5-23(32)39-20-13-22-29(16-37-29)26(20,2)27(9-6-18(14-30)11-21(27)38-22)15-35-24(33)12-19(25(28)34)7-10-36-28/h3,5,11-12,20-22,25,30,34H,4,6-10,13-16H2,1-2H3. The molecule has 0 amide bonds. The Morgan fingerprint density at radius 1 is 1.10 bits per heavy atom. The van der Waals surface area contributed by atoms with E-state index in [1.54, 1.807) is 6.08 Å². The van der Waals surface area contributed by atoms with Crippen LogP contribution in [0.25, 0.3) is 0 Å². The van der Waals surface area contributed by atoms with Crippen LogP contribution in [0.5, 0.6) is 0 Å². The molecule has 0 aromatic rings. The van der Waals surface area contributed by atoms with E-state index in [4.69, 9.17) is 23.7 Å². The Morgan fingerprint density at radius 2 is 1.90 bits per heavy atom. The van der Waals surface area contributed by atoms with Gasteiger partial charge in [-0.3, -0.25) is 4.79 Å². The van der Waals surface area contributed by atoms with Gasteiger partial charge in [0.15, 0.2) is 11.4 Å². The summed E-state index contributed by atoms with van der Waals surface area (Å²) in [5.74, 6) is -1.51. The van der Waals surface area contributed by atoms with Crippen molar-refractivity contribution in [2.24, 2.45) is 10.8 Å². The number of ether oxygens (including phenoxy) is 5. The first kappa shape index (κ1) is 26.8. The average molecular weight is 545 g/mol. The fraction of sp³-hybridized carbons (Fsp3) is 0.690. The zero-order chi connectivity index (χ0) is 27.6. The lowest BCUT2D eigenvalue weighted by atomic mass is 9.51. The number of hydrogen-bond acceptors (Lipinski definition) is 10. The van der Waals surface area contributed by atoms with Crippen molar-refractivity contribution in [1.82, 2.24) is 0 Å². The molecule has 0 aromatic heterocycles. The molecule has 39 heavy (non-hydrogen) atoms. The smallest absolute Gasteiger partial charge is 0.330 e. The zero-order valence-electron chi connectivity index (χ0n) is 22.4. The average Bonchev–Trinajstić information content (AvgIpc) is 3.69. The molecule has 3 saturated heterocycles. The minimum absolute atomic E-state index is 0.0296.